The molecule has 0 aliphatic carbocycles. The number of hydrogen-bond acceptors (Lipinski definition) is 4. The maximum atomic E-state index is 12.6. The van der Waals surface area contributed by atoms with Crippen LogP contribution < -0.4 is 5.32 Å². The van der Waals surface area contributed by atoms with Gasteiger partial charge >= 0.3 is 0 Å². The smallest absolute Gasteiger partial charge is 0.222 e. The van der Waals surface area contributed by atoms with Gasteiger partial charge in [0.05, 0.1) is 31.4 Å². The molecule has 0 aromatic carbocycles. The number of carbonyl (C=O) groups is 2. The summed E-state index contributed by atoms with van der Waals surface area (Å²) >= 11 is 0. The maximum absolute atomic E-state index is 12.6. The highest BCUT2D eigenvalue weighted by Crippen LogP contribution is 2.20. The number of hydrogen-bond donors (Lipinski definition) is 2. The fourth-order valence-electron chi connectivity index (χ4n) is 5.26. The Morgan fingerprint density at radius 1 is 0.865 bits per heavy atom. The van der Waals surface area contributed by atoms with Gasteiger partial charge in [0.2, 0.25) is 11.8 Å². The number of unbranched alkanes of at least 4 members (excludes halogenated alkanes) is 13. The third kappa shape index (κ3) is 17.9. The minimum absolute atomic E-state index is 0.0426. The van der Waals surface area contributed by atoms with Crippen LogP contribution in [0.5, 0.6) is 0 Å². The van der Waals surface area contributed by atoms with Crippen molar-refractivity contribution in [3.63, 3.8) is 0 Å². The van der Waals surface area contributed by atoms with Crippen LogP contribution in [0.15, 0.2) is 0 Å². The normalized spacial score (nSPS) is 16.5. The first-order chi connectivity index (χ1) is 18.0. The molecule has 1 heterocycles. The predicted octanol–water partition coefficient (Wildman–Crippen LogP) is 6.92. The summed E-state index contributed by atoms with van der Waals surface area (Å²) in [5.41, 5.74) is 0. The Morgan fingerprint density at radius 3 is 2.00 bits per heavy atom. The first-order valence-corrected chi connectivity index (χ1v) is 15.8. The lowest BCUT2D eigenvalue weighted by Gasteiger charge is -2.25. The van der Waals surface area contributed by atoms with E-state index >= 15 is 0 Å². The van der Waals surface area contributed by atoms with Crippen LogP contribution in [0.1, 0.15) is 149 Å². The zero-order chi connectivity index (χ0) is 27.1. The zero-order valence-corrected chi connectivity index (χ0v) is 24.6. The molecule has 2 amide bonds. The van der Waals surface area contributed by atoms with Crippen LogP contribution in [-0.2, 0) is 14.3 Å². The van der Waals surface area contributed by atoms with Gasteiger partial charge in [0.25, 0.3) is 0 Å². The van der Waals surface area contributed by atoms with Gasteiger partial charge in [0.1, 0.15) is 0 Å². The van der Waals surface area contributed by atoms with Gasteiger partial charge in [-0.05, 0) is 46.0 Å². The van der Waals surface area contributed by atoms with Gasteiger partial charge in [-0.1, -0.05) is 90.4 Å². The van der Waals surface area contributed by atoms with E-state index in [1.165, 1.54) is 70.6 Å². The van der Waals surface area contributed by atoms with Crippen molar-refractivity contribution >= 4 is 11.8 Å². The topological polar surface area (TPSA) is 78.9 Å². The van der Waals surface area contributed by atoms with Crippen molar-refractivity contribution in [2.45, 2.75) is 167 Å². The van der Waals surface area contributed by atoms with Crippen molar-refractivity contribution in [3.8, 4) is 0 Å². The van der Waals surface area contributed by atoms with Gasteiger partial charge in [0, 0.05) is 19.4 Å². The Balaban J connectivity index is 2.01. The molecular formula is C31H60N2O4. The van der Waals surface area contributed by atoms with Crippen molar-refractivity contribution in [1.82, 2.24) is 10.2 Å². The second-order valence-corrected chi connectivity index (χ2v) is 11.5. The lowest BCUT2D eigenvalue weighted by atomic mass is 10.0. The van der Waals surface area contributed by atoms with Crippen molar-refractivity contribution in [1.29, 1.82) is 0 Å². The summed E-state index contributed by atoms with van der Waals surface area (Å²) in [7, 11) is 0. The molecule has 1 aliphatic rings. The molecule has 0 bridgehead atoms. The Hall–Kier alpha value is -1.14. The lowest BCUT2D eigenvalue weighted by Crippen LogP contribution is -2.39. The highest BCUT2D eigenvalue weighted by molar-refractivity contribution is 5.77. The molecule has 37 heavy (non-hydrogen) atoms. The van der Waals surface area contributed by atoms with Crippen molar-refractivity contribution in [2.24, 2.45) is 0 Å². The van der Waals surface area contributed by atoms with Crippen molar-refractivity contribution in [3.05, 3.63) is 0 Å². The fourth-order valence-corrected chi connectivity index (χ4v) is 5.26. The van der Waals surface area contributed by atoms with Crippen LogP contribution in [0.4, 0.5) is 0 Å². The lowest BCUT2D eigenvalue weighted by molar-refractivity contribution is -0.133. The molecule has 0 radical (unpaired) electrons. The van der Waals surface area contributed by atoms with Crippen LogP contribution in [0.25, 0.3) is 0 Å². The maximum Gasteiger partial charge on any atom is 0.222 e. The summed E-state index contributed by atoms with van der Waals surface area (Å²) in [5, 5.41) is 12.7. The van der Waals surface area contributed by atoms with Gasteiger partial charge in [0.15, 0.2) is 0 Å². The molecule has 0 aromatic heterocycles. The molecule has 2 N–H and O–H groups in total. The van der Waals surface area contributed by atoms with E-state index in [4.69, 9.17) is 4.74 Å². The largest absolute Gasteiger partial charge is 0.394 e. The van der Waals surface area contributed by atoms with Crippen molar-refractivity contribution in [2.75, 3.05) is 19.8 Å². The molecule has 0 aromatic rings. The molecule has 1 fully saturated rings. The number of aliphatic hydroxyl groups excluding tert-OH is 1. The Morgan fingerprint density at radius 2 is 1.43 bits per heavy atom. The average Bonchev–Trinajstić information content (AvgIpc) is 3.36. The second kappa shape index (κ2) is 22.8. The minimum Gasteiger partial charge on any atom is -0.394 e. The molecule has 0 spiro atoms. The van der Waals surface area contributed by atoms with E-state index in [0.717, 1.165) is 45.1 Å². The predicted molar refractivity (Wildman–Crippen MR) is 154 cm³/mol. The molecule has 1 aliphatic heterocycles. The van der Waals surface area contributed by atoms with Gasteiger partial charge in [-0.15, -0.1) is 0 Å². The molecule has 2 atom stereocenters. The van der Waals surface area contributed by atoms with Gasteiger partial charge in [-0.2, -0.15) is 0 Å². The molecular weight excluding hydrogens is 464 g/mol. The van der Waals surface area contributed by atoms with Gasteiger partial charge < -0.3 is 20.1 Å². The molecule has 1 saturated heterocycles. The minimum atomic E-state index is -0.205. The molecule has 218 valence electrons. The van der Waals surface area contributed by atoms with E-state index in [-0.39, 0.29) is 36.6 Å². The summed E-state index contributed by atoms with van der Waals surface area (Å²) in [6.07, 6.45) is 22.5. The van der Waals surface area contributed by atoms with Crippen LogP contribution in [0.3, 0.4) is 0 Å². The number of nitrogens with zero attached hydrogens (tertiary/aromatic N) is 1. The van der Waals surface area contributed by atoms with Crippen LogP contribution in [-0.4, -0.2) is 59.8 Å². The number of amides is 2. The summed E-state index contributed by atoms with van der Waals surface area (Å²) in [6.45, 7) is 7.73. The summed E-state index contributed by atoms with van der Waals surface area (Å²) in [4.78, 5) is 26.9. The Labute approximate surface area is 228 Å². The number of ether oxygens (including phenoxy) is 1. The van der Waals surface area contributed by atoms with Gasteiger partial charge in [-0.3, -0.25) is 9.59 Å². The van der Waals surface area contributed by atoms with E-state index in [1.807, 2.05) is 18.7 Å². The number of aliphatic hydroxyl groups is 1. The number of likely N-dealkylation sites (tertiary alicyclic amines) is 1. The molecule has 6 heteroatoms. The second-order valence-electron chi connectivity index (χ2n) is 11.5. The summed E-state index contributed by atoms with van der Waals surface area (Å²) < 4.78 is 5.73. The van der Waals surface area contributed by atoms with E-state index in [1.54, 1.807) is 0 Å². The fraction of sp³-hybridized carbons (Fsp3) is 0.935. The molecule has 6 nitrogen and oxygen atoms in total. The highest BCUT2D eigenvalue weighted by Gasteiger charge is 2.28. The average molecular weight is 525 g/mol. The molecule has 1 rings (SSSR count). The first kappa shape index (κ1) is 33.9. The SMILES string of the molecule is CCCCCCCCCCCCCCCC(=O)NC(CO)CCCCC(=O)N1CCCC1COC(C)C. The number of rotatable bonds is 24. The first-order valence-electron chi connectivity index (χ1n) is 15.8. The van der Waals surface area contributed by atoms with Crippen molar-refractivity contribution < 1.29 is 19.4 Å². The van der Waals surface area contributed by atoms with E-state index < -0.39 is 0 Å². The number of nitrogens with one attached hydrogen (secondary N) is 1. The third-order valence-corrected chi connectivity index (χ3v) is 7.61. The standard InChI is InChI=1S/C31H60N2O4/c1-4-5-6-7-8-9-10-11-12-13-14-15-16-22-30(35)32-28(25-34)20-17-18-23-31(36)33-24-19-21-29(33)26-37-27(2)3/h27-29,34H,4-26H2,1-3H3,(H,32,35). The Kier molecular flexibility index (Phi) is 20.9. The van der Waals surface area contributed by atoms with Gasteiger partial charge in [-0.25, -0.2) is 0 Å². The van der Waals surface area contributed by atoms with Crippen LogP contribution in [0, 0.1) is 0 Å². The quantitative estimate of drug-likeness (QED) is 0.134. The Bertz CT molecular complexity index is 569. The zero-order valence-electron chi connectivity index (χ0n) is 24.6. The van der Waals surface area contributed by atoms with Crippen LogP contribution >= 0.6 is 0 Å². The van der Waals surface area contributed by atoms with E-state index in [0.29, 0.717) is 25.9 Å². The van der Waals surface area contributed by atoms with E-state index in [9.17, 15) is 14.7 Å². The van der Waals surface area contributed by atoms with Crippen LogP contribution in [0.2, 0.25) is 0 Å². The van der Waals surface area contributed by atoms with E-state index in [2.05, 4.69) is 12.2 Å². The monoisotopic (exact) mass is 524 g/mol. The number of carbonyl (C=O) groups excluding carboxylic acids is 2. The summed E-state index contributed by atoms with van der Waals surface area (Å²) in [5.74, 6) is 0.255. The third-order valence-electron chi connectivity index (χ3n) is 7.61. The highest BCUT2D eigenvalue weighted by atomic mass is 16.5. The summed E-state index contributed by atoms with van der Waals surface area (Å²) in [6, 6.07) is 0.00744. The molecule has 0 saturated carbocycles. The molecule has 2 unspecified atom stereocenters.